The largest absolute Gasteiger partial charge is 0.388 e. The molecule has 0 saturated carbocycles. The molecule has 1 atom stereocenters. The first kappa shape index (κ1) is 14.1. The Morgan fingerprint density at radius 3 is 2.59 bits per heavy atom. The zero-order chi connectivity index (χ0) is 12.3. The molecule has 0 saturated heterocycles. The second-order valence-corrected chi connectivity index (χ2v) is 3.83. The molecule has 0 bridgehead atoms. The number of hydrogen-bond acceptors (Lipinski definition) is 4. The van der Waals surface area contributed by atoms with Crippen molar-refractivity contribution in [2.24, 2.45) is 0 Å². The summed E-state index contributed by atoms with van der Waals surface area (Å²) >= 11 is 0. The van der Waals surface area contributed by atoms with E-state index in [0.717, 1.165) is 12.1 Å². The van der Waals surface area contributed by atoms with Crippen molar-refractivity contribution in [1.29, 1.82) is 0 Å². The van der Waals surface area contributed by atoms with E-state index < -0.39 is 6.10 Å². The minimum Gasteiger partial charge on any atom is -0.388 e. The van der Waals surface area contributed by atoms with Crippen molar-refractivity contribution < 1.29 is 14.6 Å². The summed E-state index contributed by atoms with van der Waals surface area (Å²) in [6.45, 7) is 2.53. The number of aliphatic hydroxyl groups excluding tert-OH is 1. The van der Waals surface area contributed by atoms with Crippen molar-refractivity contribution in [2.75, 3.05) is 33.4 Å². The predicted molar refractivity (Wildman–Crippen MR) is 66.9 cm³/mol. The molecule has 4 heteroatoms. The summed E-state index contributed by atoms with van der Waals surface area (Å²) < 4.78 is 10.6. The van der Waals surface area contributed by atoms with Crippen molar-refractivity contribution in [2.45, 2.75) is 12.7 Å². The zero-order valence-electron chi connectivity index (χ0n) is 10.3. The van der Waals surface area contributed by atoms with Crippen LogP contribution in [0.3, 0.4) is 0 Å². The maximum Gasteiger partial charge on any atom is 0.101 e. The minimum atomic E-state index is -0.560. The summed E-state index contributed by atoms with van der Waals surface area (Å²) in [5.74, 6) is 0. The fourth-order valence-corrected chi connectivity index (χ4v) is 1.33. The summed E-state index contributed by atoms with van der Waals surface area (Å²) in [6.07, 6.45) is -0.560. The van der Waals surface area contributed by atoms with E-state index in [0.29, 0.717) is 26.4 Å². The van der Waals surface area contributed by atoms with Gasteiger partial charge in [-0.3, -0.25) is 0 Å². The van der Waals surface area contributed by atoms with E-state index in [1.807, 2.05) is 37.4 Å². The molecule has 1 aromatic carbocycles. The number of benzene rings is 1. The van der Waals surface area contributed by atoms with Crippen LogP contribution in [0.4, 0.5) is 0 Å². The fraction of sp³-hybridized carbons (Fsp3) is 0.538. The monoisotopic (exact) mass is 239 g/mol. The maximum atomic E-state index is 9.56. The van der Waals surface area contributed by atoms with E-state index >= 15 is 0 Å². The van der Waals surface area contributed by atoms with Gasteiger partial charge < -0.3 is 19.9 Å². The summed E-state index contributed by atoms with van der Waals surface area (Å²) in [6, 6.07) is 9.89. The lowest BCUT2D eigenvalue weighted by Crippen LogP contribution is -2.24. The van der Waals surface area contributed by atoms with E-state index in [1.54, 1.807) is 0 Å². The second kappa shape index (κ2) is 9.13. The van der Waals surface area contributed by atoms with E-state index in [9.17, 15) is 5.11 Å². The van der Waals surface area contributed by atoms with Gasteiger partial charge in [-0.05, 0) is 12.6 Å². The van der Waals surface area contributed by atoms with Crippen molar-refractivity contribution >= 4 is 0 Å². The molecule has 4 nitrogen and oxygen atoms in total. The molecule has 0 spiro atoms. The predicted octanol–water partition coefficient (Wildman–Crippen LogP) is 0.800. The average Bonchev–Trinajstić information content (AvgIpc) is 2.36. The van der Waals surface area contributed by atoms with Crippen LogP contribution in [0.2, 0.25) is 0 Å². The van der Waals surface area contributed by atoms with Gasteiger partial charge in [0.15, 0.2) is 0 Å². The number of likely N-dealkylation sites (N-methyl/N-ethyl adjacent to an activating group) is 1. The van der Waals surface area contributed by atoms with Crippen LogP contribution in [0.1, 0.15) is 5.56 Å². The topological polar surface area (TPSA) is 50.7 Å². The molecule has 1 rings (SSSR count). The molecule has 17 heavy (non-hydrogen) atoms. The summed E-state index contributed by atoms with van der Waals surface area (Å²) in [5.41, 5.74) is 1.11. The average molecular weight is 239 g/mol. The highest BCUT2D eigenvalue weighted by Crippen LogP contribution is 2.01. The Morgan fingerprint density at radius 2 is 1.88 bits per heavy atom. The van der Waals surface area contributed by atoms with Gasteiger partial charge in [-0.2, -0.15) is 0 Å². The second-order valence-electron chi connectivity index (χ2n) is 3.83. The molecule has 0 amide bonds. The van der Waals surface area contributed by atoms with Gasteiger partial charge in [0.25, 0.3) is 0 Å². The van der Waals surface area contributed by atoms with Crippen LogP contribution < -0.4 is 5.32 Å². The first-order valence-electron chi connectivity index (χ1n) is 5.85. The molecule has 1 unspecified atom stereocenters. The van der Waals surface area contributed by atoms with Crippen molar-refractivity contribution in [3.8, 4) is 0 Å². The molecular weight excluding hydrogens is 218 g/mol. The van der Waals surface area contributed by atoms with E-state index in [1.165, 1.54) is 0 Å². The number of aliphatic hydroxyl groups is 1. The van der Waals surface area contributed by atoms with Crippen LogP contribution in [-0.2, 0) is 16.1 Å². The molecule has 2 N–H and O–H groups in total. The zero-order valence-corrected chi connectivity index (χ0v) is 10.3. The number of hydrogen-bond donors (Lipinski definition) is 2. The highest BCUT2D eigenvalue weighted by atomic mass is 16.5. The molecule has 0 radical (unpaired) electrons. The molecule has 0 aliphatic heterocycles. The highest BCUT2D eigenvalue weighted by molar-refractivity contribution is 5.13. The Labute approximate surface area is 103 Å². The lowest BCUT2D eigenvalue weighted by Gasteiger charge is -2.11. The third kappa shape index (κ3) is 7.07. The van der Waals surface area contributed by atoms with Gasteiger partial charge in [-0.1, -0.05) is 30.3 Å². The van der Waals surface area contributed by atoms with Crippen LogP contribution in [0.25, 0.3) is 0 Å². The van der Waals surface area contributed by atoms with E-state index in [-0.39, 0.29) is 0 Å². The molecule has 0 aromatic heterocycles. The lowest BCUT2D eigenvalue weighted by atomic mass is 10.2. The Hall–Kier alpha value is -0.940. The van der Waals surface area contributed by atoms with Gasteiger partial charge in [-0.15, -0.1) is 0 Å². The standard InChI is InChI=1S/C13H21NO3/c1-14-7-8-16-10-13(15)11-17-9-12-5-3-2-4-6-12/h2-6,13-15H,7-11H2,1H3. The van der Waals surface area contributed by atoms with Gasteiger partial charge in [0, 0.05) is 6.54 Å². The molecule has 96 valence electrons. The minimum absolute atomic E-state index is 0.300. The molecular formula is C13H21NO3. The Bertz CT molecular complexity index is 279. The number of nitrogens with one attached hydrogen (secondary N) is 1. The van der Waals surface area contributed by atoms with Crippen LogP contribution in [-0.4, -0.2) is 44.6 Å². The first-order chi connectivity index (χ1) is 8.33. The number of ether oxygens (including phenoxy) is 2. The SMILES string of the molecule is CNCCOCC(O)COCc1ccccc1. The summed E-state index contributed by atoms with van der Waals surface area (Å²) in [7, 11) is 1.86. The van der Waals surface area contributed by atoms with Gasteiger partial charge in [0.1, 0.15) is 6.10 Å². The van der Waals surface area contributed by atoms with Crippen LogP contribution in [0, 0.1) is 0 Å². The molecule has 0 aliphatic rings. The molecule has 1 aromatic rings. The van der Waals surface area contributed by atoms with Crippen LogP contribution in [0.5, 0.6) is 0 Å². The van der Waals surface area contributed by atoms with Crippen molar-refractivity contribution in [1.82, 2.24) is 5.32 Å². The van der Waals surface area contributed by atoms with E-state index in [4.69, 9.17) is 9.47 Å². The molecule has 0 fully saturated rings. The van der Waals surface area contributed by atoms with Gasteiger partial charge in [-0.25, -0.2) is 0 Å². The Kier molecular flexibility index (Phi) is 7.58. The Balaban J connectivity index is 2.02. The highest BCUT2D eigenvalue weighted by Gasteiger charge is 2.04. The summed E-state index contributed by atoms with van der Waals surface area (Å²) in [4.78, 5) is 0. The lowest BCUT2D eigenvalue weighted by molar-refractivity contribution is -0.0224. The van der Waals surface area contributed by atoms with Gasteiger partial charge >= 0.3 is 0 Å². The van der Waals surface area contributed by atoms with Crippen molar-refractivity contribution in [3.05, 3.63) is 35.9 Å². The van der Waals surface area contributed by atoms with Crippen LogP contribution >= 0.6 is 0 Å². The first-order valence-corrected chi connectivity index (χ1v) is 5.85. The third-order valence-electron chi connectivity index (χ3n) is 2.23. The van der Waals surface area contributed by atoms with Gasteiger partial charge in [0.05, 0.1) is 26.4 Å². The maximum absolute atomic E-state index is 9.56. The molecule has 0 aliphatic carbocycles. The molecule has 0 heterocycles. The Morgan fingerprint density at radius 1 is 1.18 bits per heavy atom. The third-order valence-corrected chi connectivity index (χ3v) is 2.23. The summed E-state index contributed by atoms with van der Waals surface area (Å²) in [5, 5.41) is 12.5. The smallest absolute Gasteiger partial charge is 0.101 e. The fourth-order valence-electron chi connectivity index (χ4n) is 1.33. The van der Waals surface area contributed by atoms with E-state index in [2.05, 4.69) is 5.32 Å². The quantitative estimate of drug-likeness (QED) is 0.626. The number of rotatable bonds is 9. The van der Waals surface area contributed by atoms with Crippen molar-refractivity contribution in [3.63, 3.8) is 0 Å². The van der Waals surface area contributed by atoms with Gasteiger partial charge in [0.2, 0.25) is 0 Å². The normalized spacial score (nSPS) is 12.6. The van der Waals surface area contributed by atoms with Crippen LogP contribution in [0.15, 0.2) is 30.3 Å².